The van der Waals surface area contributed by atoms with Gasteiger partial charge in [-0.3, -0.25) is 9.69 Å². The van der Waals surface area contributed by atoms with Crippen LogP contribution in [0.15, 0.2) is 0 Å². The summed E-state index contributed by atoms with van der Waals surface area (Å²) >= 11 is 0. The molecule has 0 aliphatic carbocycles. The molecule has 3 saturated heterocycles. The fourth-order valence-corrected chi connectivity index (χ4v) is 3.52. The normalized spacial score (nSPS) is 45.8. The molecule has 15 heavy (non-hydrogen) atoms. The van der Waals surface area contributed by atoms with E-state index in [0.29, 0.717) is 24.7 Å². The molecule has 2 bridgehead atoms. The molecule has 0 amide bonds. The van der Waals surface area contributed by atoms with E-state index in [1.165, 1.54) is 12.8 Å². The van der Waals surface area contributed by atoms with Gasteiger partial charge in [0.15, 0.2) is 0 Å². The van der Waals surface area contributed by atoms with Crippen molar-refractivity contribution >= 4 is 5.97 Å². The van der Waals surface area contributed by atoms with Crippen LogP contribution in [-0.2, 0) is 9.53 Å². The first-order chi connectivity index (χ1) is 7.25. The number of fused-ring (bicyclic) bond motifs is 2. The zero-order chi connectivity index (χ0) is 10.4. The van der Waals surface area contributed by atoms with E-state index in [9.17, 15) is 4.79 Å². The van der Waals surface area contributed by atoms with E-state index in [-0.39, 0.29) is 12.0 Å². The summed E-state index contributed by atoms with van der Waals surface area (Å²) in [6.45, 7) is 0.603. The lowest BCUT2D eigenvalue weighted by atomic mass is 9.96. The zero-order valence-corrected chi connectivity index (χ0v) is 8.89. The van der Waals surface area contributed by atoms with Crippen molar-refractivity contribution in [2.24, 2.45) is 5.73 Å². The number of carbonyl (C=O) groups is 1. The van der Waals surface area contributed by atoms with Crippen LogP contribution in [0.5, 0.6) is 0 Å². The molecule has 84 valence electrons. The van der Waals surface area contributed by atoms with E-state index in [2.05, 4.69) is 4.90 Å². The van der Waals surface area contributed by atoms with Crippen LogP contribution in [0.3, 0.4) is 0 Å². The van der Waals surface area contributed by atoms with Crippen molar-refractivity contribution in [1.29, 1.82) is 0 Å². The van der Waals surface area contributed by atoms with Gasteiger partial charge in [0.2, 0.25) is 0 Å². The Labute approximate surface area is 89.7 Å². The first-order valence-corrected chi connectivity index (χ1v) is 5.95. The molecule has 0 aromatic carbocycles. The SMILES string of the molecule is NC1CC2CCC(C1)N2C1CCOC1=O. The maximum Gasteiger partial charge on any atom is 0.323 e. The number of nitrogens with zero attached hydrogens (tertiary/aromatic N) is 1. The van der Waals surface area contributed by atoms with Crippen LogP contribution in [0.25, 0.3) is 0 Å². The highest BCUT2D eigenvalue weighted by Gasteiger charge is 2.46. The van der Waals surface area contributed by atoms with Crippen LogP contribution < -0.4 is 5.73 Å². The van der Waals surface area contributed by atoms with Gasteiger partial charge in [-0.1, -0.05) is 0 Å². The molecule has 0 aromatic heterocycles. The van der Waals surface area contributed by atoms with Gasteiger partial charge in [-0.2, -0.15) is 0 Å². The molecule has 3 aliphatic rings. The number of hydrogen-bond acceptors (Lipinski definition) is 4. The standard InChI is InChI=1S/C11H18N2O2/c12-7-5-8-1-2-9(6-7)13(8)10-3-4-15-11(10)14/h7-10H,1-6,12H2. The van der Waals surface area contributed by atoms with Gasteiger partial charge in [-0.15, -0.1) is 0 Å². The summed E-state index contributed by atoms with van der Waals surface area (Å²) in [5.74, 6) is -0.0117. The average molecular weight is 210 g/mol. The van der Waals surface area contributed by atoms with Gasteiger partial charge in [0.05, 0.1) is 6.61 Å². The van der Waals surface area contributed by atoms with E-state index >= 15 is 0 Å². The van der Waals surface area contributed by atoms with Crippen LogP contribution in [0.4, 0.5) is 0 Å². The molecule has 0 saturated carbocycles. The fourth-order valence-electron chi connectivity index (χ4n) is 3.52. The number of hydrogen-bond donors (Lipinski definition) is 1. The minimum absolute atomic E-state index is 0.0117. The van der Waals surface area contributed by atoms with Gasteiger partial charge >= 0.3 is 5.97 Å². The maximum atomic E-state index is 11.6. The number of nitrogens with two attached hydrogens (primary N) is 1. The highest BCUT2D eigenvalue weighted by molar-refractivity contribution is 5.77. The monoisotopic (exact) mass is 210 g/mol. The molecule has 3 fully saturated rings. The summed E-state index contributed by atoms with van der Waals surface area (Å²) in [5.41, 5.74) is 6.01. The van der Waals surface area contributed by atoms with Gasteiger partial charge < -0.3 is 10.5 Å². The molecule has 3 unspecified atom stereocenters. The molecular formula is C11H18N2O2. The zero-order valence-electron chi connectivity index (χ0n) is 8.89. The van der Waals surface area contributed by atoms with Gasteiger partial charge in [-0.25, -0.2) is 0 Å². The Morgan fingerprint density at radius 1 is 1.20 bits per heavy atom. The predicted molar refractivity (Wildman–Crippen MR) is 55.2 cm³/mol. The summed E-state index contributed by atoms with van der Waals surface area (Å²) in [7, 11) is 0. The smallest absolute Gasteiger partial charge is 0.323 e. The number of ether oxygens (including phenoxy) is 1. The Morgan fingerprint density at radius 3 is 2.40 bits per heavy atom. The third kappa shape index (κ3) is 1.47. The lowest BCUT2D eigenvalue weighted by Gasteiger charge is -2.39. The van der Waals surface area contributed by atoms with Crippen LogP contribution in [0.2, 0.25) is 0 Å². The Bertz CT molecular complexity index is 268. The second kappa shape index (κ2) is 3.46. The molecule has 3 rings (SSSR count). The number of piperidine rings is 1. The molecule has 3 aliphatic heterocycles. The number of rotatable bonds is 1. The molecule has 0 radical (unpaired) electrons. The van der Waals surface area contributed by atoms with Crippen LogP contribution in [-0.4, -0.2) is 41.6 Å². The largest absolute Gasteiger partial charge is 0.464 e. The predicted octanol–water partition coefficient (Wildman–Crippen LogP) is 0.256. The highest BCUT2D eigenvalue weighted by Crippen LogP contribution is 2.38. The van der Waals surface area contributed by atoms with Gasteiger partial charge in [0, 0.05) is 24.5 Å². The number of cyclic esters (lactones) is 1. The Morgan fingerprint density at radius 2 is 1.87 bits per heavy atom. The third-order valence-corrected chi connectivity index (χ3v) is 4.09. The van der Waals surface area contributed by atoms with Crippen molar-refractivity contribution in [1.82, 2.24) is 4.90 Å². The lowest BCUT2D eigenvalue weighted by Crippen LogP contribution is -2.53. The Hall–Kier alpha value is -0.610. The van der Waals surface area contributed by atoms with E-state index in [1.54, 1.807) is 0 Å². The van der Waals surface area contributed by atoms with Crippen LogP contribution in [0, 0.1) is 0 Å². The van der Waals surface area contributed by atoms with E-state index in [1.807, 2.05) is 0 Å². The summed E-state index contributed by atoms with van der Waals surface area (Å²) in [5, 5.41) is 0. The second-order valence-electron chi connectivity index (χ2n) is 5.04. The minimum Gasteiger partial charge on any atom is -0.464 e. The summed E-state index contributed by atoms with van der Waals surface area (Å²) in [6, 6.07) is 1.45. The van der Waals surface area contributed by atoms with Crippen LogP contribution in [0.1, 0.15) is 32.1 Å². The van der Waals surface area contributed by atoms with Crippen molar-refractivity contribution in [3.05, 3.63) is 0 Å². The molecule has 0 spiro atoms. The third-order valence-electron chi connectivity index (χ3n) is 4.09. The molecule has 4 nitrogen and oxygen atoms in total. The number of carbonyl (C=O) groups excluding carboxylic acids is 1. The first-order valence-electron chi connectivity index (χ1n) is 5.95. The minimum atomic E-state index is -0.0117. The summed E-state index contributed by atoms with van der Waals surface area (Å²) in [6.07, 6.45) is 5.41. The van der Waals surface area contributed by atoms with Gasteiger partial charge in [0.1, 0.15) is 6.04 Å². The van der Waals surface area contributed by atoms with Crippen molar-refractivity contribution in [3.8, 4) is 0 Å². The van der Waals surface area contributed by atoms with Crippen LogP contribution >= 0.6 is 0 Å². The average Bonchev–Trinajstić information content (AvgIpc) is 2.69. The van der Waals surface area contributed by atoms with Crippen molar-refractivity contribution in [2.75, 3.05) is 6.61 Å². The maximum absolute atomic E-state index is 11.6. The first kappa shape index (κ1) is 9.60. The Balaban J connectivity index is 1.79. The molecule has 0 aromatic rings. The molecule has 2 N–H and O–H groups in total. The van der Waals surface area contributed by atoms with Crippen molar-refractivity contribution in [3.63, 3.8) is 0 Å². The highest BCUT2D eigenvalue weighted by atomic mass is 16.5. The summed E-state index contributed by atoms with van der Waals surface area (Å²) in [4.78, 5) is 14.0. The van der Waals surface area contributed by atoms with Gasteiger partial charge in [0.25, 0.3) is 0 Å². The number of esters is 1. The van der Waals surface area contributed by atoms with E-state index in [0.717, 1.165) is 19.3 Å². The van der Waals surface area contributed by atoms with Crippen molar-refractivity contribution < 1.29 is 9.53 Å². The quantitative estimate of drug-likeness (QED) is 0.631. The Kier molecular flexibility index (Phi) is 2.21. The molecule has 3 atom stereocenters. The van der Waals surface area contributed by atoms with Crippen molar-refractivity contribution in [2.45, 2.75) is 56.3 Å². The summed E-state index contributed by atoms with van der Waals surface area (Å²) < 4.78 is 5.06. The molecule has 4 heteroatoms. The lowest BCUT2D eigenvalue weighted by molar-refractivity contribution is -0.143. The topological polar surface area (TPSA) is 55.6 Å². The van der Waals surface area contributed by atoms with E-state index in [4.69, 9.17) is 10.5 Å². The van der Waals surface area contributed by atoms with E-state index < -0.39 is 0 Å². The second-order valence-corrected chi connectivity index (χ2v) is 5.04. The van der Waals surface area contributed by atoms with Gasteiger partial charge in [-0.05, 0) is 25.7 Å². The molecule has 3 heterocycles. The fraction of sp³-hybridized carbons (Fsp3) is 0.909. The molecular weight excluding hydrogens is 192 g/mol.